The second kappa shape index (κ2) is 6.45. The van der Waals surface area contributed by atoms with E-state index in [1.807, 2.05) is 26.0 Å². The maximum Gasteiger partial charge on any atom is 0.405 e. The summed E-state index contributed by atoms with van der Waals surface area (Å²) in [5, 5.41) is 1.75. The van der Waals surface area contributed by atoms with Crippen molar-refractivity contribution in [3.8, 4) is 5.75 Å². The second-order valence-corrected chi connectivity index (χ2v) is 4.37. The molecule has 0 aliphatic rings. The summed E-state index contributed by atoms with van der Waals surface area (Å²) >= 11 is 0. The van der Waals surface area contributed by atoms with Crippen LogP contribution in [0.3, 0.4) is 0 Å². The summed E-state index contributed by atoms with van der Waals surface area (Å²) in [6.07, 6.45) is -4.41. The molecule has 1 aromatic rings. The lowest BCUT2D eigenvalue weighted by molar-refractivity contribution is -0.139. The molecule has 0 spiro atoms. The van der Waals surface area contributed by atoms with E-state index in [1.165, 1.54) is 0 Å². The van der Waals surface area contributed by atoms with E-state index < -0.39 is 25.2 Å². The average Bonchev–Trinajstić information content (AvgIpc) is 2.33. The zero-order chi connectivity index (χ0) is 14.5. The molecule has 0 unspecified atom stereocenters. The number of nitrogens with one attached hydrogen (secondary N) is 1. The Bertz CT molecular complexity index is 430. The number of para-hydroxylation sites is 1. The summed E-state index contributed by atoms with van der Waals surface area (Å²) in [6, 6.07) is 7.13. The van der Waals surface area contributed by atoms with E-state index in [0.29, 0.717) is 5.75 Å². The fourth-order valence-electron chi connectivity index (χ4n) is 1.48. The van der Waals surface area contributed by atoms with E-state index in [1.54, 1.807) is 17.4 Å². The number of benzene rings is 1. The maximum absolute atomic E-state index is 11.9. The molecule has 6 heteroatoms. The molecule has 0 saturated carbocycles. The van der Waals surface area contributed by atoms with Gasteiger partial charge in [0.05, 0.1) is 0 Å². The van der Waals surface area contributed by atoms with Crippen molar-refractivity contribution in [1.82, 2.24) is 5.32 Å². The van der Waals surface area contributed by atoms with Gasteiger partial charge in [-0.05, 0) is 17.5 Å². The van der Waals surface area contributed by atoms with E-state index in [2.05, 4.69) is 0 Å². The van der Waals surface area contributed by atoms with Crippen molar-refractivity contribution >= 4 is 5.91 Å². The Labute approximate surface area is 109 Å². The van der Waals surface area contributed by atoms with E-state index in [4.69, 9.17) is 4.74 Å². The highest BCUT2D eigenvalue weighted by Crippen LogP contribution is 2.25. The average molecular weight is 275 g/mol. The van der Waals surface area contributed by atoms with Crippen LogP contribution in [0.25, 0.3) is 0 Å². The van der Waals surface area contributed by atoms with E-state index >= 15 is 0 Å². The second-order valence-electron chi connectivity index (χ2n) is 4.37. The van der Waals surface area contributed by atoms with Gasteiger partial charge in [0.15, 0.2) is 6.61 Å². The van der Waals surface area contributed by atoms with Gasteiger partial charge in [-0.15, -0.1) is 0 Å². The Kier molecular flexibility index (Phi) is 5.20. The first-order valence-electron chi connectivity index (χ1n) is 5.85. The first kappa shape index (κ1) is 15.3. The van der Waals surface area contributed by atoms with Gasteiger partial charge in [-0.1, -0.05) is 32.0 Å². The van der Waals surface area contributed by atoms with Gasteiger partial charge < -0.3 is 10.1 Å². The smallest absolute Gasteiger partial charge is 0.405 e. The molecule has 3 nitrogen and oxygen atoms in total. The minimum atomic E-state index is -4.41. The van der Waals surface area contributed by atoms with Gasteiger partial charge in [0.25, 0.3) is 5.91 Å². The number of amides is 1. The van der Waals surface area contributed by atoms with Crippen LogP contribution >= 0.6 is 0 Å². The minimum absolute atomic E-state index is 0.203. The SMILES string of the molecule is CC(C)c1ccccc1OCC(=O)NCC(F)(F)F. The van der Waals surface area contributed by atoms with Crippen molar-refractivity contribution < 1.29 is 22.7 Å². The van der Waals surface area contributed by atoms with Crippen LogP contribution in [-0.2, 0) is 4.79 Å². The molecule has 0 fully saturated rings. The molecule has 1 N–H and O–H groups in total. The van der Waals surface area contributed by atoms with Gasteiger partial charge >= 0.3 is 6.18 Å². The fourth-order valence-corrected chi connectivity index (χ4v) is 1.48. The van der Waals surface area contributed by atoms with E-state index in [0.717, 1.165) is 5.56 Å². The molecule has 19 heavy (non-hydrogen) atoms. The molecule has 0 bridgehead atoms. The third kappa shape index (κ3) is 5.63. The van der Waals surface area contributed by atoms with Crippen molar-refractivity contribution in [2.45, 2.75) is 25.9 Å². The van der Waals surface area contributed by atoms with Crippen LogP contribution < -0.4 is 10.1 Å². The lowest BCUT2D eigenvalue weighted by atomic mass is 10.0. The van der Waals surface area contributed by atoms with Crippen molar-refractivity contribution in [1.29, 1.82) is 0 Å². The standard InChI is InChI=1S/C13H16F3NO2/c1-9(2)10-5-3-4-6-11(10)19-7-12(18)17-8-13(14,15)16/h3-6,9H,7-8H2,1-2H3,(H,17,18). The molecule has 0 saturated heterocycles. The van der Waals surface area contributed by atoms with Gasteiger partial charge in [0.2, 0.25) is 0 Å². The molecule has 0 aromatic heterocycles. The number of rotatable bonds is 5. The van der Waals surface area contributed by atoms with Crippen LogP contribution in [0, 0.1) is 0 Å². The van der Waals surface area contributed by atoms with Crippen LogP contribution in [0.4, 0.5) is 13.2 Å². The predicted molar refractivity (Wildman–Crippen MR) is 65.1 cm³/mol. The maximum atomic E-state index is 11.9. The lowest BCUT2D eigenvalue weighted by Crippen LogP contribution is -2.36. The monoisotopic (exact) mass is 275 g/mol. The quantitative estimate of drug-likeness (QED) is 0.897. The summed E-state index contributed by atoms with van der Waals surface area (Å²) < 4.78 is 40.9. The molecule has 1 aromatic carbocycles. The zero-order valence-corrected chi connectivity index (χ0v) is 10.8. The largest absolute Gasteiger partial charge is 0.483 e. The van der Waals surface area contributed by atoms with Crippen LogP contribution in [0.15, 0.2) is 24.3 Å². The number of carbonyl (C=O) groups excluding carboxylic acids is 1. The number of hydrogen-bond donors (Lipinski definition) is 1. The number of halogens is 3. The first-order valence-corrected chi connectivity index (χ1v) is 5.85. The topological polar surface area (TPSA) is 38.3 Å². The van der Waals surface area contributed by atoms with Crippen LogP contribution in [-0.4, -0.2) is 25.2 Å². The van der Waals surface area contributed by atoms with Gasteiger partial charge in [-0.2, -0.15) is 13.2 Å². The highest BCUT2D eigenvalue weighted by Gasteiger charge is 2.27. The summed E-state index contributed by atoms with van der Waals surface area (Å²) in [5.41, 5.74) is 0.908. The fraction of sp³-hybridized carbons (Fsp3) is 0.462. The Hall–Kier alpha value is -1.72. The summed E-state index contributed by atoms with van der Waals surface area (Å²) in [7, 11) is 0. The zero-order valence-electron chi connectivity index (χ0n) is 10.8. The van der Waals surface area contributed by atoms with Crippen molar-refractivity contribution in [3.63, 3.8) is 0 Å². The molecular formula is C13H16F3NO2. The van der Waals surface area contributed by atoms with Gasteiger partial charge in [0, 0.05) is 0 Å². The van der Waals surface area contributed by atoms with Gasteiger partial charge in [0.1, 0.15) is 12.3 Å². The van der Waals surface area contributed by atoms with Crippen molar-refractivity contribution in [2.75, 3.05) is 13.2 Å². The molecule has 0 aliphatic heterocycles. The molecule has 0 heterocycles. The highest BCUT2D eigenvalue weighted by molar-refractivity contribution is 5.77. The van der Waals surface area contributed by atoms with Gasteiger partial charge in [-0.25, -0.2) is 0 Å². The van der Waals surface area contributed by atoms with E-state index in [-0.39, 0.29) is 5.92 Å². The molecule has 106 valence electrons. The number of hydrogen-bond acceptors (Lipinski definition) is 2. The molecule has 0 aliphatic carbocycles. The molecule has 0 radical (unpaired) electrons. The Morgan fingerprint density at radius 2 is 1.95 bits per heavy atom. The summed E-state index contributed by atoms with van der Waals surface area (Å²) in [6.45, 7) is 2.15. The highest BCUT2D eigenvalue weighted by atomic mass is 19.4. The number of ether oxygens (including phenoxy) is 1. The normalized spacial score (nSPS) is 11.5. The third-order valence-corrected chi connectivity index (χ3v) is 2.39. The van der Waals surface area contributed by atoms with Crippen molar-refractivity contribution in [2.24, 2.45) is 0 Å². The van der Waals surface area contributed by atoms with Crippen LogP contribution in [0.5, 0.6) is 5.75 Å². The molecule has 1 amide bonds. The van der Waals surface area contributed by atoms with Crippen molar-refractivity contribution in [3.05, 3.63) is 29.8 Å². The Morgan fingerprint density at radius 3 is 2.53 bits per heavy atom. The van der Waals surface area contributed by atoms with Gasteiger partial charge in [-0.3, -0.25) is 4.79 Å². The lowest BCUT2D eigenvalue weighted by Gasteiger charge is -2.14. The molecule has 0 atom stereocenters. The minimum Gasteiger partial charge on any atom is -0.483 e. The van der Waals surface area contributed by atoms with E-state index in [9.17, 15) is 18.0 Å². The summed E-state index contributed by atoms with van der Waals surface area (Å²) in [5.74, 6) is -0.0787. The van der Waals surface area contributed by atoms with Crippen LogP contribution in [0.2, 0.25) is 0 Å². The Morgan fingerprint density at radius 1 is 1.32 bits per heavy atom. The third-order valence-electron chi connectivity index (χ3n) is 2.39. The van der Waals surface area contributed by atoms with Crippen LogP contribution in [0.1, 0.15) is 25.3 Å². The first-order chi connectivity index (χ1) is 8.79. The number of carbonyl (C=O) groups is 1. The number of alkyl halides is 3. The molecular weight excluding hydrogens is 259 g/mol. The molecule has 1 rings (SSSR count). The predicted octanol–water partition coefficient (Wildman–Crippen LogP) is 2.87. The summed E-state index contributed by atoms with van der Waals surface area (Å²) in [4.78, 5) is 11.2. The Balaban J connectivity index is 2.51.